The molecule has 0 radical (unpaired) electrons. The molecule has 0 aliphatic rings. The van der Waals surface area contributed by atoms with Gasteiger partial charge < -0.3 is 9.72 Å². The fraction of sp³-hybridized carbons (Fsp3) is 0.273. The van der Waals surface area contributed by atoms with E-state index in [0.29, 0.717) is 12.4 Å². The number of aromatic amines is 1. The first-order valence-corrected chi connectivity index (χ1v) is 9.09. The highest BCUT2D eigenvalue weighted by Crippen LogP contribution is 2.25. The number of methoxy groups -OCH3 is 1. The molecule has 28 heavy (non-hydrogen) atoms. The first-order chi connectivity index (χ1) is 13.4. The highest BCUT2D eigenvalue weighted by Gasteiger charge is 2.14. The number of rotatable bonds is 6. The Morgan fingerprint density at radius 1 is 1.21 bits per heavy atom. The largest absolute Gasteiger partial charge is 0.497 e. The molecular formula is C22H24FN3O2. The van der Waals surface area contributed by atoms with E-state index in [4.69, 9.17) is 4.74 Å². The van der Waals surface area contributed by atoms with Gasteiger partial charge in [-0.05, 0) is 50.2 Å². The Labute approximate surface area is 163 Å². The second-order valence-electron chi connectivity index (χ2n) is 6.88. The zero-order chi connectivity index (χ0) is 20.3. The Morgan fingerprint density at radius 2 is 1.96 bits per heavy atom. The molecule has 0 aliphatic carbocycles. The molecule has 0 bridgehead atoms. The molecule has 1 unspecified atom stereocenters. The van der Waals surface area contributed by atoms with E-state index in [2.05, 4.69) is 34.9 Å². The molecule has 0 aliphatic heterocycles. The Hall–Kier alpha value is -2.99. The van der Waals surface area contributed by atoms with Gasteiger partial charge in [-0.3, -0.25) is 9.69 Å². The van der Waals surface area contributed by atoms with Gasteiger partial charge in [-0.25, -0.2) is 4.98 Å². The summed E-state index contributed by atoms with van der Waals surface area (Å²) in [6, 6.07) is 16.0. The van der Waals surface area contributed by atoms with Crippen molar-refractivity contribution in [2.45, 2.75) is 26.4 Å². The van der Waals surface area contributed by atoms with E-state index in [1.54, 1.807) is 7.11 Å². The maximum atomic E-state index is 13.6. The predicted molar refractivity (Wildman–Crippen MR) is 108 cm³/mol. The summed E-state index contributed by atoms with van der Waals surface area (Å²) in [4.78, 5) is 20.6. The quantitative estimate of drug-likeness (QED) is 0.699. The monoisotopic (exact) mass is 381 g/mol. The Balaban J connectivity index is 1.81. The minimum absolute atomic E-state index is 0.0907. The van der Waals surface area contributed by atoms with E-state index in [0.717, 1.165) is 22.4 Å². The number of H-pyrrole nitrogens is 1. The molecule has 1 N–H and O–H groups in total. The van der Waals surface area contributed by atoms with Crippen LogP contribution < -0.4 is 10.3 Å². The smallest absolute Gasteiger partial charge is 0.287 e. The van der Waals surface area contributed by atoms with Crippen LogP contribution in [0.1, 0.15) is 29.8 Å². The zero-order valence-corrected chi connectivity index (χ0v) is 16.5. The van der Waals surface area contributed by atoms with Crippen LogP contribution in [0.25, 0.3) is 11.4 Å². The topological polar surface area (TPSA) is 58.2 Å². The number of aryl methyl sites for hydroxylation is 1. The van der Waals surface area contributed by atoms with E-state index in [-0.39, 0.29) is 11.7 Å². The lowest BCUT2D eigenvalue weighted by Crippen LogP contribution is -2.22. The van der Waals surface area contributed by atoms with Crippen molar-refractivity contribution < 1.29 is 9.13 Å². The van der Waals surface area contributed by atoms with Gasteiger partial charge in [0, 0.05) is 18.2 Å². The van der Waals surface area contributed by atoms with Gasteiger partial charge in [0.05, 0.1) is 12.8 Å². The summed E-state index contributed by atoms with van der Waals surface area (Å²) in [7, 11) is 3.72. The van der Waals surface area contributed by atoms with E-state index >= 15 is 0 Å². The molecule has 0 saturated heterocycles. The molecule has 0 spiro atoms. The molecule has 1 heterocycles. The number of aromatic nitrogens is 2. The van der Waals surface area contributed by atoms with Gasteiger partial charge in [0.25, 0.3) is 5.56 Å². The van der Waals surface area contributed by atoms with Crippen molar-refractivity contribution in [2.24, 2.45) is 0 Å². The summed E-state index contributed by atoms with van der Waals surface area (Å²) in [5.41, 5.74) is 2.32. The summed E-state index contributed by atoms with van der Waals surface area (Å²) >= 11 is 0. The Morgan fingerprint density at radius 3 is 2.68 bits per heavy atom. The molecule has 3 rings (SSSR count). The molecule has 0 saturated carbocycles. The first kappa shape index (κ1) is 19.8. The summed E-state index contributed by atoms with van der Waals surface area (Å²) in [6.45, 7) is 4.33. The zero-order valence-electron chi connectivity index (χ0n) is 16.5. The highest BCUT2D eigenvalue weighted by atomic mass is 19.1. The van der Waals surface area contributed by atoms with Crippen LogP contribution in [0.4, 0.5) is 4.39 Å². The summed E-state index contributed by atoms with van der Waals surface area (Å²) in [5, 5.41) is 0. The van der Waals surface area contributed by atoms with Crippen LogP contribution in [0.2, 0.25) is 0 Å². The van der Waals surface area contributed by atoms with Gasteiger partial charge in [-0.1, -0.05) is 30.3 Å². The van der Waals surface area contributed by atoms with E-state index < -0.39 is 11.4 Å². The number of nitrogens with zero attached hydrogens (tertiary/aromatic N) is 2. The molecule has 2 aromatic carbocycles. The third-order valence-electron chi connectivity index (χ3n) is 4.90. The summed E-state index contributed by atoms with van der Waals surface area (Å²) in [5.74, 6) is 0.363. The predicted octanol–water partition coefficient (Wildman–Crippen LogP) is 4.09. The fourth-order valence-electron chi connectivity index (χ4n) is 3.11. The number of halogens is 1. The van der Waals surface area contributed by atoms with Gasteiger partial charge in [-0.15, -0.1) is 0 Å². The van der Waals surface area contributed by atoms with Gasteiger partial charge in [-0.2, -0.15) is 4.39 Å². The van der Waals surface area contributed by atoms with Crippen molar-refractivity contribution in [1.29, 1.82) is 0 Å². The van der Waals surface area contributed by atoms with Crippen LogP contribution in [0.15, 0.2) is 53.3 Å². The van der Waals surface area contributed by atoms with Crippen molar-refractivity contribution in [2.75, 3.05) is 14.2 Å². The standard InChI is InChI=1S/C22H24FN3O2/c1-14-20(23)22(27)25-21(24-14)18-9-5-7-16(11-18)13-26(3)15(2)17-8-6-10-19(12-17)28-4/h5-12,15H,13H2,1-4H3,(H,24,25,27). The van der Waals surface area contributed by atoms with Crippen LogP contribution in [0.5, 0.6) is 5.75 Å². The number of nitrogens with one attached hydrogen (secondary N) is 1. The van der Waals surface area contributed by atoms with Crippen molar-refractivity contribution in [1.82, 2.24) is 14.9 Å². The van der Waals surface area contributed by atoms with Crippen molar-refractivity contribution in [3.8, 4) is 17.1 Å². The van der Waals surface area contributed by atoms with Gasteiger partial charge in [0.15, 0.2) is 0 Å². The minimum atomic E-state index is -0.841. The molecule has 5 nitrogen and oxygen atoms in total. The van der Waals surface area contributed by atoms with Crippen molar-refractivity contribution in [3.63, 3.8) is 0 Å². The van der Waals surface area contributed by atoms with Crippen LogP contribution in [0, 0.1) is 12.7 Å². The third-order valence-corrected chi connectivity index (χ3v) is 4.90. The van der Waals surface area contributed by atoms with Crippen molar-refractivity contribution >= 4 is 0 Å². The molecule has 3 aromatic rings. The van der Waals surface area contributed by atoms with Gasteiger partial charge in [0.1, 0.15) is 11.6 Å². The highest BCUT2D eigenvalue weighted by molar-refractivity contribution is 5.56. The maximum absolute atomic E-state index is 13.6. The molecule has 1 atom stereocenters. The lowest BCUT2D eigenvalue weighted by Gasteiger charge is -2.25. The maximum Gasteiger partial charge on any atom is 0.287 e. The molecule has 1 aromatic heterocycles. The van der Waals surface area contributed by atoms with E-state index in [9.17, 15) is 9.18 Å². The number of benzene rings is 2. The first-order valence-electron chi connectivity index (χ1n) is 9.09. The Kier molecular flexibility index (Phi) is 5.90. The minimum Gasteiger partial charge on any atom is -0.497 e. The lowest BCUT2D eigenvalue weighted by molar-refractivity contribution is 0.252. The number of ether oxygens (including phenoxy) is 1. The van der Waals surface area contributed by atoms with Crippen molar-refractivity contribution in [3.05, 3.63) is 81.5 Å². The SMILES string of the molecule is COc1cccc(C(C)N(C)Cc2cccc(-c3nc(C)c(F)c(=O)[nH]3)c2)c1. The summed E-state index contributed by atoms with van der Waals surface area (Å²) in [6.07, 6.45) is 0. The Bertz CT molecular complexity index is 1030. The van der Waals surface area contributed by atoms with E-state index in [1.807, 2.05) is 42.5 Å². The fourth-order valence-corrected chi connectivity index (χ4v) is 3.11. The molecular weight excluding hydrogens is 357 g/mol. The average Bonchev–Trinajstić information content (AvgIpc) is 2.71. The molecule has 6 heteroatoms. The second-order valence-corrected chi connectivity index (χ2v) is 6.88. The number of hydrogen-bond donors (Lipinski definition) is 1. The molecule has 0 amide bonds. The van der Waals surface area contributed by atoms with E-state index in [1.165, 1.54) is 6.92 Å². The van der Waals surface area contributed by atoms with Crippen LogP contribution >= 0.6 is 0 Å². The van der Waals surface area contributed by atoms with Crippen LogP contribution in [0.3, 0.4) is 0 Å². The van der Waals surface area contributed by atoms with Gasteiger partial charge >= 0.3 is 0 Å². The van der Waals surface area contributed by atoms with Crippen LogP contribution in [-0.4, -0.2) is 29.0 Å². The number of hydrogen-bond acceptors (Lipinski definition) is 4. The average molecular weight is 381 g/mol. The van der Waals surface area contributed by atoms with Crippen LogP contribution in [-0.2, 0) is 6.54 Å². The lowest BCUT2D eigenvalue weighted by atomic mass is 10.1. The normalized spacial score (nSPS) is 12.2. The third kappa shape index (κ3) is 4.28. The summed E-state index contributed by atoms with van der Waals surface area (Å²) < 4.78 is 18.9. The van der Waals surface area contributed by atoms with Gasteiger partial charge in [0.2, 0.25) is 5.82 Å². The molecule has 0 fully saturated rings. The second kappa shape index (κ2) is 8.35. The molecule has 146 valence electrons.